The van der Waals surface area contributed by atoms with Crippen LogP contribution in [0.25, 0.3) is 0 Å². The Bertz CT molecular complexity index is 355. The van der Waals surface area contributed by atoms with Gasteiger partial charge in [0.15, 0.2) is 0 Å². The Morgan fingerprint density at radius 3 is 2.94 bits per heavy atom. The van der Waals surface area contributed by atoms with E-state index in [9.17, 15) is 4.79 Å². The fraction of sp³-hybridized carbons (Fsp3) is 0.417. The van der Waals surface area contributed by atoms with Crippen LogP contribution < -0.4 is 5.73 Å². The van der Waals surface area contributed by atoms with Crippen molar-refractivity contribution in [3.05, 3.63) is 34.9 Å². The van der Waals surface area contributed by atoms with Gasteiger partial charge in [-0.15, -0.1) is 0 Å². The van der Waals surface area contributed by atoms with E-state index in [0.29, 0.717) is 11.4 Å². The normalized spacial score (nSPS) is 12.2. The summed E-state index contributed by atoms with van der Waals surface area (Å²) >= 11 is 5.81. The van der Waals surface area contributed by atoms with Crippen molar-refractivity contribution in [2.24, 2.45) is 5.73 Å². The molecule has 0 amide bonds. The van der Waals surface area contributed by atoms with E-state index in [1.165, 1.54) is 0 Å². The Balaban J connectivity index is 2.42. The first-order chi connectivity index (χ1) is 7.63. The van der Waals surface area contributed by atoms with E-state index in [1.54, 1.807) is 12.1 Å². The zero-order chi connectivity index (χ0) is 12.0. The van der Waals surface area contributed by atoms with Crippen molar-refractivity contribution in [3.63, 3.8) is 0 Å². The van der Waals surface area contributed by atoms with Gasteiger partial charge in [0.1, 0.15) is 12.6 Å². The van der Waals surface area contributed by atoms with Crippen LogP contribution in [-0.4, -0.2) is 12.0 Å². The monoisotopic (exact) mass is 241 g/mol. The van der Waals surface area contributed by atoms with Gasteiger partial charge < -0.3 is 10.5 Å². The van der Waals surface area contributed by atoms with Crippen molar-refractivity contribution in [2.45, 2.75) is 32.4 Å². The van der Waals surface area contributed by atoms with Crippen LogP contribution in [0.1, 0.15) is 25.3 Å². The highest BCUT2D eigenvalue weighted by molar-refractivity contribution is 6.30. The average Bonchev–Trinajstić information content (AvgIpc) is 2.26. The summed E-state index contributed by atoms with van der Waals surface area (Å²) in [5.41, 5.74) is 6.49. The lowest BCUT2D eigenvalue weighted by Gasteiger charge is -2.10. The lowest BCUT2D eigenvalue weighted by Crippen LogP contribution is -2.31. The van der Waals surface area contributed by atoms with Crippen molar-refractivity contribution in [1.29, 1.82) is 0 Å². The summed E-state index contributed by atoms with van der Waals surface area (Å²) in [6.07, 6.45) is 1.52. The van der Waals surface area contributed by atoms with E-state index < -0.39 is 6.04 Å². The smallest absolute Gasteiger partial charge is 0.323 e. The number of halogens is 1. The molecule has 16 heavy (non-hydrogen) atoms. The Morgan fingerprint density at radius 1 is 1.56 bits per heavy atom. The van der Waals surface area contributed by atoms with Crippen molar-refractivity contribution < 1.29 is 9.53 Å². The molecule has 0 spiro atoms. The third-order valence-electron chi connectivity index (χ3n) is 2.17. The second-order valence-electron chi connectivity index (χ2n) is 3.63. The first-order valence-corrected chi connectivity index (χ1v) is 5.68. The highest BCUT2D eigenvalue weighted by Crippen LogP contribution is 2.11. The van der Waals surface area contributed by atoms with Crippen LogP contribution in [0.15, 0.2) is 24.3 Å². The number of hydrogen-bond acceptors (Lipinski definition) is 3. The van der Waals surface area contributed by atoms with Crippen LogP contribution in [0.3, 0.4) is 0 Å². The molecule has 0 fully saturated rings. The summed E-state index contributed by atoms with van der Waals surface area (Å²) in [5.74, 6) is -0.359. The minimum Gasteiger partial charge on any atom is -0.460 e. The van der Waals surface area contributed by atoms with Gasteiger partial charge in [-0.05, 0) is 24.1 Å². The molecule has 0 aliphatic carbocycles. The zero-order valence-electron chi connectivity index (χ0n) is 9.28. The second-order valence-corrected chi connectivity index (χ2v) is 4.07. The molecule has 1 aromatic carbocycles. The number of carbonyl (C=O) groups is 1. The van der Waals surface area contributed by atoms with Crippen molar-refractivity contribution in [2.75, 3.05) is 0 Å². The summed E-state index contributed by atoms with van der Waals surface area (Å²) in [6.45, 7) is 2.20. The van der Waals surface area contributed by atoms with Gasteiger partial charge in [-0.1, -0.05) is 37.1 Å². The van der Waals surface area contributed by atoms with E-state index in [4.69, 9.17) is 22.1 Å². The molecule has 0 bridgehead atoms. The zero-order valence-corrected chi connectivity index (χ0v) is 10.0. The molecule has 0 radical (unpaired) electrons. The van der Waals surface area contributed by atoms with Crippen LogP contribution >= 0.6 is 11.6 Å². The maximum Gasteiger partial charge on any atom is 0.323 e. The minimum atomic E-state index is -0.524. The Labute approximate surface area is 101 Å². The predicted molar refractivity (Wildman–Crippen MR) is 64.1 cm³/mol. The number of nitrogens with two attached hydrogens (primary N) is 1. The van der Waals surface area contributed by atoms with Gasteiger partial charge in [-0.2, -0.15) is 0 Å². The summed E-state index contributed by atoms with van der Waals surface area (Å²) in [6, 6.07) is 6.68. The fourth-order valence-corrected chi connectivity index (χ4v) is 1.53. The van der Waals surface area contributed by atoms with Gasteiger partial charge in [0.05, 0.1) is 0 Å². The Morgan fingerprint density at radius 2 is 2.31 bits per heavy atom. The van der Waals surface area contributed by atoms with Crippen molar-refractivity contribution in [1.82, 2.24) is 0 Å². The molecule has 1 rings (SSSR count). The van der Waals surface area contributed by atoms with Crippen LogP contribution in [-0.2, 0) is 16.1 Å². The topological polar surface area (TPSA) is 52.3 Å². The Hall–Kier alpha value is -1.06. The van der Waals surface area contributed by atoms with Gasteiger partial charge in [-0.3, -0.25) is 4.79 Å². The number of esters is 1. The summed E-state index contributed by atoms with van der Waals surface area (Å²) in [4.78, 5) is 11.4. The lowest BCUT2D eigenvalue weighted by molar-refractivity contribution is -0.146. The maximum absolute atomic E-state index is 11.4. The maximum atomic E-state index is 11.4. The minimum absolute atomic E-state index is 0.219. The number of hydrogen-bond donors (Lipinski definition) is 1. The van der Waals surface area contributed by atoms with Crippen molar-refractivity contribution >= 4 is 17.6 Å². The Kier molecular flexibility index (Phi) is 5.29. The molecule has 0 saturated carbocycles. The number of ether oxygens (including phenoxy) is 1. The largest absolute Gasteiger partial charge is 0.460 e. The first kappa shape index (κ1) is 13.0. The molecule has 0 heterocycles. The molecular formula is C12H16ClNO2. The van der Waals surface area contributed by atoms with Crippen molar-refractivity contribution in [3.8, 4) is 0 Å². The van der Waals surface area contributed by atoms with Crippen LogP contribution in [0.4, 0.5) is 0 Å². The average molecular weight is 242 g/mol. The molecule has 2 N–H and O–H groups in total. The predicted octanol–water partition coefficient (Wildman–Crippen LogP) is 2.51. The highest BCUT2D eigenvalue weighted by Gasteiger charge is 2.13. The lowest BCUT2D eigenvalue weighted by atomic mass is 10.2. The third-order valence-corrected chi connectivity index (χ3v) is 2.41. The molecule has 4 heteroatoms. The van der Waals surface area contributed by atoms with E-state index >= 15 is 0 Å². The molecule has 88 valence electrons. The fourth-order valence-electron chi connectivity index (χ4n) is 1.32. The molecule has 0 aromatic heterocycles. The molecule has 3 nitrogen and oxygen atoms in total. The SMILES string of the molecule is CCCC(N)C(=O)OCc1cccc(Cl)c1. The van der Waals surface area contributed by atoms with E-state index in [0.717, 1.165) is 12.0 Å². The van der Waals surface area contributed by atoms with Gasteiger partial charge in [0.25, 0.3) is 0 Å². The van der Waals surface area contributed by atoms with Gasteiger partial charge in [0, 0.05) is 5.02 Å². The highest BCUT2D eigenvalue weighted by atomic mass is 35.5. The van der Waals surface area contributed by atoms with Crippen LogP contribution in [0, 0.1) is 0 Å². The molecule has 0 aliphatic heterocycles. The standard InChI is InChI=1S/C12H16ClNO2/c1-2-4-11(14)12(15)16-8-9-5-3-6-10(13)7-9/h3,5-7,11H,2,4,8,14H2,1H3. The van der Waals surface area contributed by atoms with Crippen LogP contribution in [0.2, 0.25) is 5.02 Å². The van der Waals surface area contributed by atoms with Gasteiger partial charge >= 0.3 is 5.97 Å². The van der Waals surface area contributed by atoms with Crippen LogP contribution in [0.5, 0.6) is 0 Å². The number of benzene rings is 1. The van der Waals surface area contributed by atoms with Gasteiger partial charge in [-0.25, -0.2) is 0 Å². The molecule has 0 saturated heterocycles. The summed E-state index contributed by atoms with van der Waals surface area (Å²) in [5, 5.41) is 0.631. The van der Waals surface area contributed by atoms with E-state index in [-0.39, 0.29) is 12.6 Å². The molecule has 1 unspecified atom stereocenters. The molecule has 0 aliphatic rings. The second kappa shape index (κ2) is 6.51. The number of rotatable bonds is 5. The van der Waals surface area contributed by atoms with E-state index in [1.807, 2.05) is 19.1 Å². The summed E-state index contributed by atoms with van der Waals surface area (Å²) in [7, 11) is 0. The molecule has 1 atom stereocenters. The third kappa shape index (κ3) is 4.21. The summed E-state index contributed by atoms with van der Waals surface area (Å²) < 4.78 is 5.07. The quantitative estimate of drug-likeness (QED) is 0.806. The van der Waals surface area contributed by atoms with E-state index in [2.05, 4.69) is 0 Å². The molecule has 1 aromatic rings. The molecular weight excluding hydrogens is 226 g/mol. The van der Waals surface area contributed by atoms with Gasteiger partial charge in [0.2, 0.25) is 0 Å². The number of carbonyl (C=O) groups excluding carboxylic acids is 1. The first-order valence-electron chi connectivity index (χ1n) is 5.30.